The van der Waals surface area contributed by atoms with E-state index >= 15 is 0 Å². The maximum Gasteiger partial charge on any atom is 0.151 e. The quantitative estimate of drug-likeness (QED) is 0.927. The fourth-order valence-corrected chi connectivity index (χ4v) is 6.28. The lowest BCUT2D eigenvalue weighted by molar-refractivity contribution is 0.453. The molecule has 1 saturated heterocycles. The number of aromatic nitrogens is 1. The van der Waals surface area contributed by atoms with Gasteiger partial charge in [0.15, 0.2) is 9.84 Å². The van der Waals surface area contributed by atoms with Gasteiger partial charge in [0.05, 0.1) is 28.2 Å². The zero-order valence-electron chi connectivity index (χ0n) is 11.9. The van der Waals surface area contributed by atoms with Crippen LogP contribution < -0.4 is 5.32 Å². The normalized spacial score (nSPS) is 28.4. The van der Waals surface area contributed by atoms with E-state index in [-0.39, 0.29) is 5.92 Å². The van der Waals surface area contributed by atoms with Crippen molar-refractivity contribution in [3.05, 3.63) is 15.6 Å². The first-order valence-corrected chi connectivity index (χ1v) is 10.2. The third-order valence-corrected chi connectivity index (χ3v) is 7.25. The summed E-state index contributed by atoms with van der Waals surface area (Å²) in [5.74, 6) is 0.772. The molecule has 0 aromatic carbocycles. The fourth-order valence-electron chi connectivity index (χ4n) is 3.12. The van der Waals surface area contributed by atoms with Crippen molar-refractivity contribution in [3.63, 3.8) is 0 Å². The van der Waals surface area contributed by atoms with E-state index in [2.05, 4.69) is 12.2 Å². The minimum Gasteiger partial charge on any atom is -0.309 e. The van der Waals surface area contributed by atoms with E-state index in [1.54, 1.807) is 11.3 Å². The third kappa shape index (κ3) is 2.92. The van der Waals surface area contributed by atoms with Gasteiger partial charge in [-0.05, 0) is 38.6 Å². The molecule has 0 bridgehead atoms. The molecule has 0 amide bonds. The van der Waals surface area contributed by atoms with Crippen molar-refractivity contribution in [2.45, 2.75) is 51.0 Å². The Kier molecular flexibility index (Phi) is 4.15. The van der Waals surface area contributed by atoms with Crippen LogP contribution in [0.3, 0.4) is 0 Å². The number of nitrogens with zero attached hydrogens (tertiary/aromatic N) is 1. The van der Waals surface area contributed by atoms with Crippen LogP contribution in [0.2, 0.25) is 0 Å². The first-order valence-electron chi connectivity index (χ1n) is 7.52. The first kappa shape index (κ1) is 14.5. The molecule has 0 saturated carbocycles. The van der Waals surface area contributed by atoms with Crippen LogP contribution in [0.15, 0.2) is 0 Å². The number of aryl methyl sites for hydroxylation is 1. The minimum absolute atomic E-state index is 0.141. The Morgan fingerprint density at radius 3 is 2.95 bits per heavy atom. The molecule has 2 heterocycles. The van der Waals surface area contributed by atoms with Crippen molar-refractivity contribution in [3.8, 4) is 0 Å². The highest BCUT2D eigenvalue weighted by atomic mass is 32.2. The number of fused-ring (bicyclic) bond motifs is 1. The van der Waals surface area contributed by atoms with E-state index in [1.807, 2.05) is 0 Å². The number of thiazole rings is 1. The molecule has 112 valence electrons. The predicted octanol–water partition coefficient (Wildman–Crippen LogP) is 2.42. The summed E-state index contributed by atoms with van der Waals surface area (Å²) in [7, 11) is -2.82. The monoisotopic (exact) mass is 314 g/mol. The van der Waals surface area contributed by atoms with Crippen molar-refractivity contribution in [1.29, 1.82) is 0 Å². The second-order valence-electron chi connectivity index (χ2n) is 5.86. The van der Waals surface area contributed by atoms with Crippen LogP contribution in [0, 0.1) is 0 Å². The Bertz CT molecular complexity index is 580. The Labute approximate surface area is 124 Å². The predicted molar refractivity (Wildman–Crippen MR) is 82.1 cm³/mol. The van der Waals surface area contributed by atoms with Gasteiger partial charge in [0.1, 0.15) is 0 Å². The Morgan fingerprint density at radius 1 is 1.40 bits per heavy atom. The molecule has 0 radical (unpaired) electrons. The van der Waals surface area contributed by atoms with Crippen molar-refractivity contribution in [2.75, 3.05) is 18.1 Å². The highest BCUT2D eigenvalue weighted by Gasteiger charge is 2.33. The van der Waals surface area contributed by atoms with Crippen LogP contribution in [-0.4, -0.2) is 31.5 Å². The number of hydrogen-bond donors (Lipinski definition) is 1. The standard InChI is InChI=1S/C14H22N2O2S2/c1-2-7-15-11-4-3-5-12-13(11)16-14(19-12)10-6-8-20(17,18)9-10/h10-11,15H,2-9H2,1H3. The van der Waals surface area contributed by atoms with E-state index in [0.717, 1.165) is 37.2 Å². The van der Waals surface area contributed by atoms with Gasteiger partial charge < -0.3 is 5.32 Å². The zero-order valence-corrected chi connectivity index (χ0v) is 13.5. The second-order valence-corrected chi connectivity index (χ2v) is 9.20. The molecule has 2 unspecified atom stereocenters. The molecule has 2 atom stereocenters. The maximum atomic E-state index is 11.6. The summed E-state index contributed by atoms with van der Waals surface area (Å²) in [6, 6.07) is 0.377. The molecule has 1 aliphatic heterocycles. The first-order chi connectivity index (χ1) is 9.59. The fraction of sp³-hybridized carbons (Fsp3) is 0.786. The van der Waals surface area contributed by atoms with Crippen LogP contribution >= 0.6 is 11.3 Å². The Hall–Kier alpha value is -0.460. The van der Waals surface area contributed by atoms with Gasteiger partial charge >= 0.3 is 0 Å². The van der Waals surface area contributed by atoms with Gasteiger partial charge in [-0.15, -0.1) is 11.3 Å². The Morgan fingerprint density at radius 2 is 2.25 bits per heavy atom. The molecule has 1 aromatic rings. The molecule has 4 nitrogen and oxygen atoms in total. The van der Waals surface area contributed by atoms with Crippen molar-refractivity contribution in [1.82, 2.24) is 10.3 Å². The molecule has 20 heavy (non-hydrogen) atoms. The summed E-state index contributed by atoms with van der Waals surface area (Å²) in [6.45, 7) is 3.20. The van der Waals surface area contributed by atoms with Gasteiger partial charge in [-0.1, -0.05) is 6.92 Å². The average molecular weight is 314 g/mol. The molecule has 3 rings (SSSR count). The van der Waals surface area contributed by atoms with Crippen molar-refractivity contribution in [2.24, 2.45) is 0 Å². The highest BCUT2D eigenvalue weighted by molar-refractivity contribution is 7.91. The average Bonchev–Trinajstić information content (AvgIpc) is 2.99. The highest BCUT2D eigenvalue weighted by Crippen LogP contribution is 2.38. The molecule has 1 N–H and O–H groups in total. The molecule has 1 aliphatic carbocycles. The topological polar surface area (TPSA) is 59.1 Å². The summed E-state index contributed by atoms with van der Waals surface area (Å²) in [4.78, 5) is 6.20. The van der Waals surface area contributed by atoms with Crippen molar-refractivity contribution < 1.29 is 8.42 Å². The molecular formula is C14H22N2O2S2. The Balaban J connectivity index is 1.80. The third-order valence-electron chi connectivity index (χ3n) is 4.19. The van der Waals surface area contributed by atoms with Crippen LogP contribution in [0.5, 0.6) is 0 Å². The zero-order chi connectivity index (χ0) is 14.2. The molecule has 0 spiro atoms. The number of rotatable bonds is 4. The molecule has 2 aliphatic rings. The molecule has 6 heteroatoms. The van der Waals surface area contributed by atoms with Gasteiger partial charge in [0.25, 0.3) is 0 Å². The van der Waals surface area contributed by atoms with E-state index in [4.69, 9.17) is 4.98 Å². The summed E-state index contributed by atoms with van der Waals surface area (Å²) < 4.78 is 23.3. The second kappa shape index (κ2) is 5.73. The summed E-state index contributed by atoms with van der Waals surface area (Å²) in [6.07, 6.45) is 5.35. The van der Waals surface area contributed by atoms with Gasteiger partial charge in [-0.3, -0.25) is 0 Å². The van der Waals surface area contributed by atoms with Gasteiger partial charge in [0.2, 0.25) is 0 Å². The van der Waals surface area contributed by atoms with Gasteiger partial charge in [-0.25, -0.2) is 13.4 Å². The summed E-state index contributed by atoms with van der Waals surface area (Å²) in [5.41, 5.74) is 1.20. The summed E-state index contributed by atoms with van der Waals surface area (Å²) in [5, 5.41) is 4.63. The number of hydrogen-bond acceptors (Lipinski definition) is 5. The van der Waals surface area contributed by atoms with Crippen LogP contribution in [0.25, 0.3) is 0 Å². The van der Waals surface area contributed by atoms with Crippen molar-refractivity contribution >= 4 is 21.2 Å². The van der Waals surface area contributed by atoms with Crippen LogP contribution in [0.1, 0.15) is 60.1 Å². The van der Waals surface area contributed by atoms with Crippen LogP contribution in [-0.2, 0) is 16.3 Å². The van der Waals surface area contributed by atoms with Gasteiger partial charge in [0, 0.05) is 10.8 Å². The molecule has 1 fully saturated rings. The SMILES string of the molecule is CCCNC1CCCc2sc(C3CCS(=O)(=O)C3)nc21. The summed E-state index contributed by atoms with van der Waals surface area (Å²) >= 11 is 1.75. The molecular weight excluding hydrogens is 292 g/mol. The number of sulfone groups is 1. The van der Waals surface area contributed by atoms with E-state index in [1.165, 1.54) is 17.0 Å². The lowest BCUT2D eigenvalue weighted by Gasteiger charge is -2.22. The van der Waals surface area contributed by atoms with Crippen LogP contribution in [0.4, 0.5) is 0 Å². The molecule has 1 aromatic heterocycles. The maximum absolute atomic E-state index is 11.6. The van der Waals surface area contributed by atoms with E-state index in [9.17, 15) is 8.42 Å². The minimum atomic E-state index is -2.82. The van der Waals surface area contributed by atoms with Gasteiger partial charge in [-0.2, -0.15) is 0 Å². The lowest BCUT2D eigenvalue weighted by Crippen LogP contribution is -2.25. The lowest BCUT2D eigenvalue weighted by atomic mass is 9.97. The van der Waals surface area contributed by atoms with E-state index in [0.29, 0.717) is 17.5 Å². The van der Waals surface area contributed by atoms with E-state index < -0.39 is 9.84 Å². The number of nitrogens with one attached hydrogen (secondary N) is 1. The largest absolute Gasteiger partial charge is 0.309 e. The smallest absolute Gasteiger partial charge is 0.151 e.